The van der Waals surface area contributed by atoms with Crippen LogP contribution in [0.15, 0.2) is 35.5 Å². The van der Waals surface area contributed by atoms with Crippen LogP contribution in [0.3, 0.4) is 0 Å². The van der Waals surface area contributed by atoms with E-state index in [1.807, 2.05) is 30.3 Å². The van der Waals surface area contributed by atoms with Crippen molar-refractivity contribution in [3.63, 3.8) is 0 Å². The van der Waals surface area contributed by atoms with Crippen LogP contribution in [0.1, 0.15) is 0 Å². The van der Waals surface area contributed by atoms with Crippen LogP contribution in [0.4, 0.5) is 0 Å². The molecule has 13 heavy (non-hydrogen) atoms. The van der Waals surface area contributed by atoms with E-state index in [9.17, 15) is 0 Å². The van der Waals surface area contributed by atoms with Gasteiger partial charge in [-0.1, -0.05) is 18.2 Å². The topological polar surface area (TPSA) is 43.6 Å². The second-order valence-corrected chi connectivity index (χ2v) is 2.63. The van der Waals surface area contributed by atoms with Crippen LogP contribution >= 0.6 is 12.6 Å². The Bertz CT molecular complexity index is 375. The molecular weight excluding hydrogens is 280 g/mol. The molecule has 0 aliphatic carbocycles. The minimum Gasteiger partial charge on any atom is -0.188 e. The van der Waals surface area contributed by atoms with Crippen LogP contribution in [0, 0.1) is 0 Å². The minimum atomic E-state index is 0. The number of thiol groups is 1. The first-order valence-corrected chi connectivity index (χ1v) is 3.85. The van der Waals surface area contributed by atoms with Gasteiger partial charge in [0, 0.05) is 22.4 Å². The third-order valence-electron chi connectivity index (χ3n) is 1.45. The zero-order valence-electron chi connectivity index (χ0n) is 6.42. The van der Waals surface area contributed by atoms with E-state index in [0.29, 0.717) is 5.16 Å². The molecule has 1 radical (unpaired) electrons. The van der Waals surface area contributed by atoms with Crippen molar-refractivity contribution < 1.29 is 22.4 Å². The van der Waals surface area contributed by atoms with Gasteiger partial charge in [-0.05, 0) is 22.6 Å². The molecule has 1 aromatic carbocycles. The second kappa shape index (κ2) is 4.57. The van der Waals surface area contributed by atoms with Crippen molar-refractivity contribution in [1.82, 2.24) is 20.2 Å². The van der Waals surface area contributed by atoms with Crippen molar-refractivity contribution in [3.05, 3.63) is 30.3 Å². The Morgan fingerprint density at radius 2 is 1.85 bits per heavy atom. The molecule has 2 aromatic rings. The van der Waals surface area contributed by atoms with E-state index in [1.165, 1.54) is 0 Å². The van der Waals surface area contributed by atoms with Gasteiger partial charge in [0.05, 0.1) is 5.69 Å². The number of nitrogens with zero attached hydrogens (tertiary/aromatic N) is 4. The molecule has 6 heteroatoms. The first kappa shape index (κ1) is 10.5. The van der Waals surface area contributed by atoms with Crippen molar-refractivity contribution in [3.8, 4) is 5.69 Å². The van der Waals surface area contributed by atoms with Gasteiger partial charge >= 0.3 is 0 Å². The van der Waals surface area contributed by atoms with Crippen molar-refractivity contribution in [2.45, 2.75) is 5.16 Å². The molecule has 0 N–H and O–H groups in total. The first-order chi connectivity index (χ1) is 5.88. The molecule has 4 nitrogen and oxygen atoms in total. The van der Waals surface area contributed by atoms with Gasteiger partial charge in [-0.25, -0.2) is 0 Å². The Morgan fingerprint density at radius 1 is 1.15 bits per heavy atom. The molecule has 2 rings (SSSR count). The molecule has 1 heterocycles. The van der Waals surface area contributed by atoms with Gasteiger partial charge < -0.3 is 0 Å². The molecule has 1 aromatic heterocycles. The van der Waals surface area contributed by atoms with Crippen LogP contribution in [-0.2, 0) is 22.4 Å². The average molecular weight is 286 g/mol. The van der Waals surface area contributed by atoms with Gasteiger partial charge in [0.15, 0.2) is 0 Å². The molecule has 0 atom stereocenters. The number of tetrazole rings is 1. The standard InChI is InChI=1S/C7H6N4S.Ag/c12-7-8-9-10-11(7)6-4-2-1-3-5-6;/h1-5H,(H,8,10,12);. The quantitative estimate of drug-likeness (QED) is 0.627. The van der Waals surface area contributed by atoms with Gasteiger partial charge in [0.25, 0.3) is 0 Å². The Hall–Kier alpha value is -0.620. The average Bonchev–Trinajstić information content (AvgIpc) is 2.53. The molecule has 0 fully saturated rings. The zero-order chi connectivity index (χ0) is 8.39. The Balaban J connectivity index is 0.000000845. The first-order valence-electron chi connectivity index (χ1n) is 3.41. The van der Waals surface area contributed by atoms with Gasteiger partial charge in [0.2, 0.25) is 5.16 Å². The summed E-state index contributed by atoms with van der Waals surface area (Å²) in [5.74, 6) is 0. The third-order valence-corrected chi connectivity index (χ3v) is 1.73. The van der Waals surface area contributed by atoms with Crippen molar-refractivity contribution in [1.29, 1.82) is 0 Å². The summed E-state index contributed by atoms with van der Waals surface area (Å²) in [5.41, 5.74) is 0.910. The van der Waals surface area contributed by atoms with E-state index in [4.69, 9.17) is 0 Å². The van der Waals surface area contributed by atoms with Crippen LogP contribution < -0.4 is 0 Å². The summed E-state index contributed by atoms with van der Waals surface area (Å²) < 4.78 is 1.56. The fraction of sp³-hybridized carbons (Fsp3) is 0. The summed E-state index contributed by atoms with van der Waals surface area (Å²) in [6.45, 7) is 0. The molecule has 0 bridgehead atoms. The third kappa shape index (κ3) is 2.19. The van der Waals surface area contributed by atoms with Crippen LogP contribution in [0.5, 0.6) is 0 Å². The van der Waals surface area contributed by atoms with E-state index in [-0.39, 0.29) is 22.4 Å². The van der Waals surface area contributed by atoms with E-state index in [1.54, 1.807) is 4.68 Å². The normalized spacial score (nSPS) is 9.31. The minimum absolute atomic E-state index is 0. The monoisotopic (exact) mass is 285 g/mol. The molecule has 0 unspecified atom stereocenters. The molecule has 0 spiro atoms. The second-order valence-electron chi connectivity index (χ2n) is 2.23. The van der Waals surface area contributed by atoms with E-state index >= 15 is 0 Å². The van der Waals surface area contributed by atoms with Gasteiger partial charge in [-0.15, -0.1) is 17.7 Å². The number of hydrogen-bond donors (Lipinski definition) is 1. The predicted molar refractivity (Wildman–Crippen MR) is 46.4 cm³/mol. The Kier molecular flexibility index (Phi) is 3.68. The summed E-state index contributed by atoms with van der Waals surface area (Å²) in [5, 5.41) is 11.4. The molecular formula is C7H6AgN4S. The Labute approximate surface area is 96.3 Å². The SMILES string of the molecule is Sc1nnnn1-c1ccccc1.[Ag]. The largest absolute Gasteiger partial charge is 0.211 e. The van der Waals surface area contributed by atoms with Gasteiger partial charge in [0.1, 0.15) is 0 Å². The number of aromatic nitrogens is 4. The zero-order valence-corrected chi connectivity index (χ0v) is 8.80. The molecule has 0 saturated heterocycles. The van der Waals surface area contributed by atoms with Gasteiger partial charge in [-0.2, -0.15) is 4.68 Å². The van der Waals surface area contributed by atoms with E-state index in [0.717, 1.165) is 5.69 Å². The van der Waals surface area contributed by atoms with Crippen LogP contribution in [0.25, 0.3) is 5.69 Å². The summed E-state index contributed by atoms with van der Waals surface area (Å²) in [6, 6.07) is 9.60. The molecule has 0 aliphatic heterocycles. The van der Waals surface area contributed by atoms with E-state index in [2.05, 4.69) is 28.2 Å². The molecule has 0 amide bonds. The van der Waals surface area contributed by atoms with Crippen molar-refractivity contribution >= 4 is 12.6 Å². The number of hydrogen-bond acceptors (Lipinski definition) is 4. The maximum Gasteiger partial charge on any atom is 0.211 e. The smallest absolute Gasteiger partial charge is 0.188 e. The fourth-order valence-corrected chi connectivity index (χ4v) is 1.11. The predicted octanol–water partition coefficient (Wildman–Crippen LogP) is 0.949. The van der Waals surface area contributed by atoms with Crippen molar-refractivity contribution in [2.75, 3.05) is 0 Å². The van der Waals surface area contributed by atoms with Crippen molar-refractivity contribution in [2.24, 2.45) is 0 Å². The summed E-state index contributed by atoms with van der Waals surface area (Å²) in [7, 11) is 0. The molecule has 0 aliphatic rings. The summed E-state index contributed by atoms with van der Waals surface area (Å²) in [6.07, 6.45) is 0. The van der Waals surface area contributed by atoms with E-state index < -0.39 is 0 Å². The van der Waals surface area contributed by atoms with Crippen LogP contribution in [0.2, 0.25) is 0 Å². The maximum atomic E-state index is 4.09. The molecule has 0 saturated carbocycles. The summed E-state index contributed by atoms with van der Waals surface area (Å²) in [4.78, 5) is 0. The maximum absolute atomic E-state index is 4.09. The summed E-state index contributed by atoms with van der Waals surface area (Å²) >= 11 is 4.09. The number of rotatable bonds is 1. The molecule has 71 valence electrons. The van der Waals surface area contributed by atoms with Gasteiger partial charge in [-0.3, -0.25) is 0 Å². The number of para-hydroxylation sites is 1. The van der Waals surface area contributed by atoms with Crippen LogP contribution in [-0.4, -0.2) is 20.2 Å². The Morgan fingerprint density at radius 3 is 2.38 bits per heavy atom. The number of benzene rings is 1. The fourth-order valence-electron chi connectivity index (χ4n) is 0.919.